The van der Waals surface area contributed by atoms with Crippen LogP contribution in [-0.2, 0) is 0 Å². The van der Waals surface area contributed by atoms with Crippen molar-refractivity contribution in [1.29, 1.82) is 5.26 Å². The fourth-order valence-corrected chi connectivity index (χ4v) is 3.16. The van der Waals surface area contributed by atoms with Crippen molar-refractivity contribution in [3.05, 3.63) is 48.4 Å². The second-order valence-corrected chi connectivity index (χ2v) is 6.50. The van der Waals surface area contributed by atoms with Crippen LogP contribution < -0.4 is 15.8 Å². The Kier molecular flexibility index (Phi) is 4.68. The van der Waals surface area contributed by atoms with Gasteiger partial charge in [-0.2, -0.15) is 10.4 Å². The van der Waals surface area contributed by atoms with E-state index >= 15 is 0 Å². The highest BCUT2D eigenvalue weighted by atomic mass is 16.5. The summed E-state index contributed by atoms with van der Waals surface area (Å²) in [6, 6.07) is 11.9. The predicted octanol–water partition coefficient (Wildman–Crippen LogP) is 2.74. The van der Waals surface area contributed by atoms with Crippen LogP contribution in [0.1, 0.15) is 25.0 Å². The van der Waals surface area contributed by atoms with Crippen molar-refractivity contribution in [1.82, 2.24) is 20.2 Å². The maximum atomic E-state index is 8.78. The molecule has 0 bridgehead atoms. The number of aromatic nitrogens is 4. The topological polar surface area (TPSA) is 126 Å². The molecule has 0 radical (unpaired) electrons. The third-order valence-corrected chi connectivity index (χ3v) is 4.50. The minimum atomic E-state index is 0.149. The molecule has 4 rings (SSSR count). The molecule has 0 amide bonds. The molecule has 27 heavy (non-hydrogen) atoms. The molecule has 1 saturated carbocycles. The summed E-state index contributed by atoms with van der Waals surface area (Å²) in [6.07, 6.45) is 5.90. The Morgan fingerprint density at radius 2 is 2.07 bits per heavy atom. The van der Waals surface area contributed by atoms with Crippen LogP contribution in [0.15, 0.2) is 42.7 Å². The van der Waals surface area contributed by atoms with Gasteiger partial charge in [0.15, 0.2) is 11.5 Å². The summed E-state index contributed by atoms with van der Waals surface area (Å²) < 4.78 is 6.18. The lowest BCUT2D eigenvalue weighted by Gasteiger charge is -2.16. The maximum absolute atomic E-state index is 8.78. The smallest absolute Gasteiger partial charge is 0.158 e. The number of nitrogens with two attached hydrogens (primary N) is 1. The fourth-order valence-electron chi connectivity index (χ4n) is 3.16. The Labute approximate surface area is 156 Å². The molecule has 0 saturated heterocycles. The Balaban J connectivity index is 1.52. The van der Waals surface area contributed by atoms with E-state index < -0.39 is 0 Å². The van der Waals surface area contributed by atoms with Gasteiger partial charge in [-0.3, -0.25) is 5.10 Å². The second-order valence-electron chi connectivity index (χ2n) is 6.50. The van der Waals surface area contributed by atoms with Crippen molar-refractivity contribution in [3.63, 3.8) is 0 Å². The third kappa shape index (κ3) is 3.88. The van der Waals surface area contributed by atoms with Crippen molar-refractivity contribution >= 4 is 11.6 Å². The summed E-state index contributed by atoms with van der Waals surface area (Å²) in [5.41, 5.74) is 8.02. The van der Waals surface area contributed by atoms with Gasteiger partial charge in [-0.1, -0.05) is 12.1 Å². The van der Waals surface area contributed by atoms with Crippen molar-refractivity contribution in [2.45, 2.75) is 31.4 Å². The van der Waals surface area contributed by atoms with Crippen molar-refractivity contribution in [2.75, 3.05) is 5.32 Å². The number of nitrogens with one attached hydrogen (secondary N) is 2. The van der Waals surface area contributed by atoms with E-state index in [0.29, 0.717) is 11.6 Å². The van der Waals surface area contributed by atoms with Crippen LogP contribution in [0.3, 0.4) is 0 Å². The summed E-state index contributed by atoms with van der Waals surface area (Å²) in [5.74, 6) is 1.92. The van der Waals surface area contributed by atoms with Crippen LogP contribution in [0.2, 0.25) is 0 Å². The monoisotopic (exact) mass is 361 g/mol. The van der Waals surface area contributed by atoms with Crippen LogP contribution in [-0.4, -0.2) is 32.3 Å². The van der Waals surface area contributed by atoms with Gasteiger partial charge in [0.1, 0.15) is 23.7 Å². The fraction of sp³-hybridized carbons (Fsp3) is 0.263. The highest BCUT2D eigenvalue weighted by Crippen LogP contribution is 2.33. The highest BCUT2D eigenvalue weighted by Gasteiger charge is 2.24. The number of nitrogens with zero attached hydrogens (tertiary/aromatic N) is 4. The van der Waals surface area contributed by atoms with Gasteiger partial charge < -0.3 is 15.8 Å². The first kappa shape index (κ1) is 17.0. The summed E-state index contributed by atoms with van der Waals surface area (Å²) in [5, 5.41) is 19.1. The number of hydrogen-bond donors (Lipinski definition) is 3. The molecule has 4 N–H and O–H groups in total. The maximum Gasteiger partial charge on any atom is 0.158 e. The van der Waals surface area contributed by atoms with Gasteiger partial charge in [0.2, 0.25) is 0 Å². The molecule has 8 nitrogen and oxygen atoms in total. The molecule has 3 aromatic rings. The molecule has 1 aromatic carbocycles. The van der Waals surface area contributed by atoms with Crippen LogP contribution in [0, 0.1) is 11.3 Å². The number of para-hydroxylation sites is 1. The summed E-state index contributed by atoms with van der Waals surface area (Å²) in [7, 11) is 0. The zero-order valence-electron chi connectivity index (χ0n) is 14.6. The number of H-pyrrole nitrogens is 1. The van der Waals surface area contributed by atoms with Gasteiger partial charge >= 0.3 is 0 Å². The molecule has 1 fully saturated rings. The normalized spacial score (nSPS) is 18.8. The average molecular weight is 361 g/mol. The van der Waals surface area contributed by atoms with E-state index in [2.05, 4.69) is 25.5 Å². The van der Waals surface area contributed by atoms with Gasteiger partial charge in [0.25, 0.3) is 0 Å². The molecular formula is C19H19N7O. The van der Waals surface area contributed by atoms with Crippen molar-refractivity contribution in [3.8, 4) is 23.1 Å². The lowest BCUT2D eigenvalue weighted by molar-refractivity contribution is 0.209. The van der Waals surface area contributed by atoms with E-state index in [1.54, 1.807) is 0 Å². The van der Waals surface area contributed by atoms with Gasteiger partial charge in [0.05, 0.1) is 18.1 Å². The quantitative estimate of drug-likeness (QED) is 0.638. The number of anilines is 2. The van der Waals surface area contributed by atoms with Crippen LogP contribution >= 0.6 is 0 Å². The molecule has 2 heterocycles. The lowest BCUT2D eigenvalue weighted by Crippen LogP contribution is -2.19. The third-order valence-electron chi connectivity index (χ3n) is 4.50. The number of rotatable bonds is 5. The van der Waals surface area contributed by atoms with Gasteiger partial charge in [0, 0.05) is 17.7 Å². The molecule has 8 heteroatoms. The van der Waals surface area contributed by atoms with E-state index in [9.17, 15) is 0 Å². The molecule has 2 aromatic heterocycles. The lowest BCUT2D eigenvalue weighted by atomic mass is 10.1. The van der Waals surface area contributed by atoms with Crippen molar-refractivity contribution < 1.29 is 4.74 Å². The first-order valence-corrected chi connectivity index (χ1v) is 8.77. The van der Waals surface area contributed by atoms with Crippen LogP contribution in [0.5, 0.6) is 5.75 Å². The Morgan fingerprint density at radius 3 is 2.81 bits per heavy atom. The molecule has 1 aliphatic carbocycles. The summed E-state index contributed by atoms with van der Waals surface area (Å²) >= 11 is 0. The number of nitriles is 1. The minimum Gasteiger partial charge on any atom is -0.490 e. The molecule has 0 spiro atoms. The first-order chi connectivity index (χ1) is 13.2. The molecular weight excluding hydrogens is 342 g/mol. The molecule has 2 atom stereocenters. The number of aromatic amines is 1. The summed E-state index contributed by atoms with van der Waals surface area (Å²) in [4.78, 5) is 8.11. The molecule has 136 valence electrons. The number of hydrogen-bond acceptors (Lipinski definition) is 7. The zero-order chi connectivity index (χ0) is 18.6. The van der Waals surface area contributed by atoms with Gasteiger partial charge in [-0.15, -0.1) is 0 Å². The van der Waals surface area contributed by atoms with Crippen LogP contribution in [0.25, 0.3) is 11.3 Å². The summed E-state index contributed by atoms with van der Waals surface area (Å²) in [6.45, 7) is 0. The first-order valence-electron chi connectivity index (χ1n) is 8.77. The largest absolute Gasteiger partial charge is 0.490 e. The Bertz CT molecular complexity index is 961. The molecule has 0 unspecified atom stereocenters. The van der Waals surface area contributed by atoms with E-state index in [-0.39, 0.29) is 17.8 Å². The van der Waals surface area contributed by atoms with Gasteiger partial charge in [-0.25, -0.2) is 9.97 Å². The average Bonchev–Trinajstić information content (AvgIpc) is 3.32. The van der Waals surface area contributed by atoms with E-state index in [4.69, 9.17) is 15.7 Å². The SMILES string of the molecule is N#Cc1cnc(Nc2cc(-c3ccccc3O[C@@H]3CC[C@@H](N)C3)[nH]n2)cn1. The standard InChI is InChI=1S/C19H19N7O/c20-9-13-10-23-19(11-22-13)24-18-8-16(25-26-18)15-3-1-2-4-17(15)27-14-6-5-12(21)7-14/h1-4,8,10-12,14H,5-7,21H2,(H2,23,24,25,26)/t12-,14-/m1/s1. The predicted molar refractivity (Wildman–Crippen MR) is 100 cm³/mol. The van der Waals surface area contributed by atoms with Crippen LogP contribution in [0.4, 0.5) is 11.6 Å². The molecule has 0 aliphatic heterocycles. The Hall–Kier alpha value is -3.44. The minimum absolute atomic E-state index is 0.149. The van der Waals surface area contributed by atoms with Gasteiger partial charge in [-0.05, 0) is 31.4 Å². The van der Waals surface area contributed by atoms with Crippen molar-refractivity contribution in [2.24, 2.45) is 5.73 Å². The van der Waals surface area contributed by atoms with E-state index in [1.807, 2.05) is 36.4 Å². The van der Waals surface area contributed by atoms with E-state index in [1.165, 1.54) is 12.4 Å². The Morgan fingerprint density at radius 1 is 1.19 bits per heavy atom. The number of benzene rings is 1. The number of ether oxygens (including phenoxy) is 1. The molecule has 1 aliphatic rings. The zero-order valence-corrected chi connectivity index (χ0v) is 14.6. The highest BCUT2D eigenvalue weighted by molar-refractivity contribution is 5.70. The second kappa shape index (κ2) is 7.43. The van der Waals surface area contributed by atoms with E-state index in [0.717, 1.165) is 36.3 Å².